The summed E-state index contributed by atoms with van der Waals surface area (Å²) in [5, 5.41) is 9.31. The van der Waals surface area contributed by atoms with E-state index in [0.717, 1.165) is 33.6 Å². The lowest BCUT2D eigenvalue weighted by Crippen LogP contribution is -2.38. The van der Waals surface area contributed by atoms with Crippen molar-refractivity contribution >= 4 is 29.6 Å². The summed E-state index contributed by atoms with van der Waals surface area (Å²) < 4.78 is 11.5. The van der Waals surface area contributed by atoms with E-state index in [0.29, 0.717) is 23.7 Å². The van der Waals surface area contributed by atoms with Crippen molar-refractivity contribution in [3.05, 3.63) is 58.2 Å². The van der Waals surface area contributed by atoms with Crippen LogP contribution in [0, 0.1) is 13.8 Å². The highest BCUT2D eigenvalue weighted by molar-refractivity contribution is 7.98. The lowest BCUT2D eigenvalue weighted by molar-refractivity contribution is -0.152. The van der Waals surface area contributed by atoms with Crippen LogP contribution in [0.25, 0.3) is 6.08 Å². The Labute approximate surface area is 181 Å². The first kappa shape index (κ1) is 22.0. The third-order valence-corrected chi connectivity index (χ3v) is 5.91. The largest absolute Gasteiger partial charge is 0.492 e. The molecular weight excluding hydrogens is 400 g/mol. The van der Waals surface area contributed by atoms with Crippen molar-refractivity contribution in [1.29, 1.82) is 0 Å². The minimum absolute atomic E-state index is 0.108. The number of hydrogen-bond acceptors (Lipinski definition) is 5. The Morgan fingerprint density at radius 1 is 1.20 bits per heavy atom. The van der Waals surface area contributed by atoms with Crippen LogP contribution in [0.1, 0.15) is 46.5 Å². The molecule has 0 aromatic heterocycles. The number of rotatable bonds is 7. The van der Waals surface area contributed by atoms with Gasteiger partial charge in [-0.05, 0) is 81.0 Å². The van der Waals surface area contributed by atoms with Gasteiger partial charge in [-0.3, -0.25) is 4.79 Å². The average Bonchev–Trinajstić information content (AvgIpc) is 3.18. The zero-order valence-electron chi connectivity index (χ0n) is 17.9. The van der Waals surface area contributed by atoms with Crippen molar-refractivity contribution in [2.24, 2.45) is 0 Å². The van der Waals surface area contributed by atoms with Gasteiger partial charge in [-0.2, -0.15) is 0 Å². The number of benzene rings is 2. The molecule has 0 saturated heterocycles. The normalized spacial score (nSPS) is 13.2. The van der Waals surface area contributed by atoms with Gasteiger partial charge in [-0.25, -0.2) is 4.79 Å². The maximum absolute atomic E-state index is 12.8. The molecule has 158 valence electrons. The van der Waals surface area contributed by atoms with E-state index >= 15 is 0 Å². The zero-order valence-corrected chi connectivity index (χ0v) is 18.7. The van der Waals surface area contributed by atoms with E-state index in [4.69, 9.17) is 9.47 Å². The number of hydrogen-bond donors (Lipinski definition) is 1. The van der Waals surface area contributed by atoms with Gasteiger partial charge in [0.25, 0.3) is 0 Å². The highest BCUT2D eigenvalue weighted by Gasteiger charge is 2.30. The standard InChI is InChI=1S/C24H26O5S/c1-14-12-16(13-15(2)21(14)29-24(3,4)23(26)27)6-8-19(25)17-7-9-20(30-5)18-10-11-28-22(17)18/h6-9,12-13H,10-11H2,1-5H3,(H,26,27)/b8-6+. The van der Waals surface area contributed by atoms with Gasteiger partial charge in [0.15, 0.2) is 11.4 Å². The van der Waals surface area contributed by atoms with Crippen LogP contribution in [0.2, 0.25) is 0 Å². The fraction of sp³-hybridized carbons (Fsp3) is 0.333. The molecule has 1 aliphatic heterocycles. The maximum Gasteiger partial charge on any atom is 0.347 e. The number of carboxylic acid groups (broad SMARTS) is 1. The Balaban J connectivity index is 1.84. The van der Waals surface area contributed by atoms with E-state index in [-0.39, 0.29) is 5.78 Å². The van der Waals surface area contributed by atoms with Crippen molar-refractivity contribution in [3.63, 3.8) is 0 Å². The molecule has 6 heteroatoms. The maximum atomic E-state index is 12.8. The highest BCUT2D eigenvalue weighted by atomic mass is 32.2. The molecular formula is C24H26O5S. The molecule has 0 radical (unpaired) electrons. The number of carbonyl (C=O) groups is 2. The summed E-state index contributed by atoms with van der Waals surface area (Å²) in [6.07, 6.45) is 6.15. The number of allylic oxidation sites excluding steroid dienone is 1. The van der Waals surface area contributed by atoms with E-state index in [2.05, 4.69) is 0 Å². The molecule has 1 heterocycles. The van der Waals surface area contributed by atoms with Gasteiger partial charge in [0.05, 0.1) is 12.2 Å². The number of fused-ring (bicyclic) bond motifs is 1. The van der Waals surface area contributed by atoms with E-state index in [1.165, 1.54) is 13.8 Å². The fourth-order valence-corrected chi connectivity index (χ4v) is 4.10. The molecule has 30 heavy (non-hydrogen) atoms. The molecule has 0 unspecified atom stereocenters. The predicted molar refractivity (Wildman–Crippen MR) is 119 cm³/mol. The summed E-state index contributed by atoms with van der Waals surface area (Å²) in [5.74, 6) is 0.106. The number of aryl methyl sites for hydroxylation is 2. The van der Waals surface area contributed by atoms with Crippen molar-refractivity contribution in [2.75, 3.05) is 12.9 Å². The summed E-state index contributed by atoms with van der Waals surface area (Å²) in [4.78, 5) is 25.3. The van der Waals surface area contributed by atoms with Crippen LogP contribution in [0.4, 0.5) is 0 Å². The molecule has 0 amide bonds. The van der Waals surface area contributed by atoms with Gasteiger partial charge < -0.3 is 14.6 Å². The lowest BCUT2D eigenvalue weighted by Gasteiger charge is -2.24. The first-order chi connectivity index (χ1) is 14.1. The van der Waals surface area contributed by atoms with E-state index < -0.39 is 11.6 Å². The third-order valence-electron chi connectivity index (χ3n) is 5.08. The molecule has 2 aromatic carbocycles. The summed E-state index contributed by atoms with van der Waals surface area (Å²) in [5.41, 5.74) is 2.82. The van der Waals surface area contributed by atoms with Gasteiger partial charge in [0, 0.05) is 16.9 Å². The van der Waals surface area contributed by atoms with Crippen molar-refractivity contribution in [2.45, 2.75) is 44.6 Å². The highest BCUT2D eigenvalue weighted by Crippen LogP contribution is 2.37. The Bertz CT molecular complexity index is 1010. The number of ether oxygens (including phenoxy) is 2. The van der Waals surface area contributed by atoms with Gasteiger partial charge in [0.1, 0.15) is 11.5 Å². The first-order valence-electron chi connectivity index (χ1n) is 9.72. The number of carbonyl (C=O) groups excluding carboxylic acids is 1. The van der Waals surface area contributed by atoms with Crippen LogP contribution in [-0.2, 0) is 11.2 Å². The number of carboxylic acids is 1. The van der Waals surface area contributed by atoms with E-state index in [1.54, 1.807) is 23.9 Å². The Kier molecular flexibility index (Phi) is 6.27. The van der Waals surface area contributed by atoms with Crippen molar-refractivity contribution in [3.8, 4) is 11.5 Å². The Hall–Kier alpha value is -2.73. The molecule has 1 aliphatic rings. The molecule has 1 N–H and O–H groups in total. The monoisotopic (exact) mass is 426 g/mol. The van der Waals surface area contributed by atoms with Crippen LogP contribution in [0.3, 0.4) is 0 Å². The second kappa shape index (κ2) is 8.56. The van der Waals surface area contributed by atoms with Crippen LogP contribution in [0.15, 0.2) is 35.2 Å². The summed E-state index contributed by atoms with van der Waals surface area (Å²) >= 11 is 1.66. The summed E-state index contributed by atoms with van der Waals surface area (Å²) in [6.45, 7) is 7.36. The van der Waals surface area contributed by atoms with Crippen LogP contribution >= 0.6 is 11.8 Å². The van der Waals surface area contributed by atoms with Crippen molar-refractivity contribution in [1.82, 2.24) is 0 Å². The molecule has 0 aliphatic carbocycles. The van der Waals surface area contributed by atoms with Crippen LogP contribution < -0.4 is 9.47 Å². The molecule has 3 rings (SSSR count). The Morgan fingerprint density at radius 2 is 1.87 bits per heavy atom. The molecule has 0 saturated carbocycles. The van der Waals surface area contributed by atoms with Gasteiger partial charge in [-0.1, -0.05) is 6.08 Å². The summed E-state index contributed by atoms with van der Waals surface area (Å²) in [6, 6.07) is 7.55. The van der Waals surface area contributed by atoms with Crippen LogP contribution in [0.5, 0.6) is 11.5 Å². The average molecular weight is 427 g/mol. The molecule has 0 fully saturated rings. The lowest BCUT2D eigenvalue weighted by atomic mass is 10.0. The summed E-state index contributed by atoms with van der Waals surface area (Å²) in [7, 11) is 0. The fourth-order valence-electron chi connectivity index (χ4n) is 3.45. The number of aliphatic carboxylic acids is 1. The van der Waals surface area contributed by atoms with E-state index in [9.17, 15) is 14.7 Å². The molecule has 0 bridgehead atoms. The smallest absolute Gasteiger partial charge is 0.347 e. The van der Waals surface area contributed by atoms with Crippen LogP contribution in [-0.4, -0.2) is 35.3 Å². The topological polar surface area (TPSA) is 72.8 Å². The minimum atomic E-state index is -1.33. The van der Waals surface area contributed by atoms with Gasteiger partial charge in [-0.15, -0.1) is 11.8 Å². The second-order valence-electron chi connectivity index (χ2n) is 7.82. The van der Waals surface area contributed by atoms with E-state index in [1.807, 2.05) is 44.4 Å². The SMILES string of the molecule is CSc1ccc(C(=O)/C=C/c2cc(C)c(OC(C)(C)C(=O)O)c(C)c2)c2c1CCO2. The second-order valence-corrected chi connectivity index (χ2v) is 8.67. The quantitative estimate of drug-likeness (QED) is 0.377. The molecule has 5 nitrogen and oxygen atoms in total. The Morgan fingerprint density at radius 3 is 2.47 bits per heavy atom. The predicted octanol–water partition coefficient (Wildman–Crippen LogP) is 5.10. The molecule has 0 atom stereocenters. The van der Waals surface area contributed by atoms with Crippen molar-refractivity contribution < 1.29 is 24.2 Å². The third kappa shape index (κ3) is 4.38. The molecule has 2 aromatic rings. The van der Waals surface area contributed by atoms with Gasteiger partial charge in [0.2, 0.25) is 0 Å². The van der Waals surface area contributed by atoms with Gasteiger partial charge >= 0.3 is 5.97 Å². The number of ketones is 1. The minimum Gasteiger partial charge on any atom is -0.492 e. The zero-order chi connectivity index (χ0) is 22.1. The molecule has 0 spiro atoms. The number of thioether (sulfide) groups is 1. The first-order valence-corrected chi connectivity index (χ1v) is 10.9.